The molecular formula is C9H12FNOS. The van der Waals surface area contributed by atoms with E-state index in [2.05, 4.69) is 0 Å². The van der Waals surface area contributed by atoms with Gasteiger partial charge >= 0.3 is 0 Å². The summed E-state index contributed by atoms with van der Waals surface area (Å²) in [6.07, 6.45) is 1.83. The largest absolute Gasteiger partial charge is 0.314 e. The van der Waals surface area contributed by atoms with Gasteiger partial charge in [0.25, 0.3) is 0 Å². The molecule has 0 aliphatic heterocycles. The van der Waals surface area contributed by atoms with E-state index in [1.54, 1.807) is 6.07 Å². The molecule has 1 aromatic rings. The first-order chi connectivity index (χ1) is 6.13. The Morgan fingerprint density at radius 1 is 1.54 bits per heavy atom. The van der Waals surface area contributed by atoms with E-state index in [0.29, 0.717) is 11.4 Å². The highest BCUT2D eigenvalue weighted by atomic mass is 32.2. The zero-order valence-corrected chi connectivity index (χ0v) is 8.44. The van der Waals surface area contributed by atoms with Crippen molar-refractivity contribution in [1.29, 1.82) is 0 Å². The minimum Gasteiger partial charge on any atom is -0.314 e. The predicted molar refractivity (Wildman–Crippen MR) is 51.4 cm³/mol. The Morgan fingerprint density at radius 2 is 2.23 bits per heavy atom. The van der Waals surface area contributed by atoms with Crippen LogP contribution in [-0.2, 0) is 6.54 Å². The highest BCUT2D eigenvalue weighted by Gasteiger charge is 2.03. The Morgan fingerprint density at radius 3 is 2.69 bits per heavy atom. The maximum Gasteiger partial charge on any atom is 0.137 e. The van der Waals surface area contributed by atoms with Crippen LogP contribution in [0.1, 0.15) is 5.56 Å². The molecule has 2 nitrogen and oxygen atoms in total. The first-order valence-electron chi connectivity index (χ1n) is 3.86. The summed E-state index contributed by atoms with van der Waals surface area (Å²) < 4.78 is 13.2. The molecule has 0 radical (unpaired) electrons. The van der Waals surface area contributed by atoms with Gasteiger partial charge in [-0.3, -0.25) is 0 Å². The van der Waals surface area contributed by atoms with Crippen LogP contribution >= 0.6 is 11.8 Å². The van der Waals surface area contributed by atoms with Crippen molar-refractivity contribution in [3.63, 3.8) is 0 Å². The fraction of sp³-hybridized carbons (Fsp3) is 0.333. The average molecular weight is 201 g/mol. The summed E-state index contributed by atoms with van der Waals surface area (Å²) >= 11 is 1.37. The van der Waals surface area contributed by atoms with Crippen molar-refractivity contribution in [1.82, 2.24) is 5.06 Å². The van der Waals surface area contributed by atoms with Gasteiger partial charge in [0.15, 0.2) is 0 Å². The Labute approximate surface area is 81.3 Å². The molecule has 0 heterocycles. The van der Waals surface area contributed by atoms with Gasteiger partial charge in [-0.2, -0.15) is 5.06 Å². The highest BCUT2D eigenvalue weighted by Crippen LogP contribution is 2.20. The topological polar surface area (TPSA) is 23.5 Å². The molecule has 0 amide bonds. The molecule has 72 valence electrons. The molecule has 0 spiro atoms. The molecule has 0 atom stereocenters. The Balaban J connectivity index is 2.83. The summed E-state index contributed by atoms with van der Waals surface area (Å²) in [5.74, 6) is -0.230. The van der Waals surface area contributed by atoms with Crippen molar-refractivity contribution < 1.29 is 9.60 Å². The lowest BCUT2D eigenvalue weighted by Crippen LogP contribution is -2.11. The molecule has 13 heavy (non-hydrogen) atoms. The maximum atomic E-state index is 13.2. The predicted octanol–water partition coefficient (Wildman–Crippen LogP) is 2.37. The van der Waals surface area contributed by atoms with Crippen molar-refractivity contribution in [2.45, 2.75) is 11.4 Å². The molecule has 0 bridgehead atoms. The van der Waals surface area contributed by atoms with Crippen LogP contribution in [-0.4, -0.2) is 23.6 Å². The molecule has 0 aliphatic carbocycles. The monoisotopic (exact) mass is 201 g/mol. The molecule has 0 aromatic heterocycles. The summed E-state index contributed by atoms with van der Waals surface area (Å²) in [7, 11) is 1.53. The van der Waals surface area contributed by atoms with Gasteiger partial charge < -0.3 is 5.21 Å². The molecular weight excluding hydrogens is 189 g/mol. The summed E-state index contributed by atoms with van der Waals surface area (Å²) in [5, 5.41) is 9.95. The van der Waals surface area contributed by atoms with Gasteiger partial charge in [0.1, 0.15) is 5.82 Å². The van der Waals surface area contributed by atoms with E-state index >= 15 is 0 Å². The van der Waals surface area contributed by atoms with Crippen LogP contribution in [0.3, 0.4) is 0 Å². The third-order valence-corrected chi connectivity index (χ3v) is 2.40. The van der Waals surface area contributed by atoms with Crippen LogP contribution in [0.25, 0.3) is 0 Å². The fourth-order valence-corrected chi connectivity index (χ4v) is 1.53. The summed E-state index contributed by atoms with van der Waals surface area (Å²) in [6.45, 7) is 0.339. The molecule has 0 aliphatic rings. The normalized spacial score (nSPS) is 10.8. The van der Waals surface area contributed by atoms with Crippen molar-refractivity contribution in [2.24, 2.45) is 0 Å². The summed E-state index contributed by atoms with van der Waals surface area (Å²) in [5.41, 5.74) is 0.764. The van der Waals surface area contributed by atoms with Crippen LogP contribution in [0.5, 0.6) is 0 Å². The fourth-order valence-electron chi connectivity index (χ4n) is 1.07. The van der Waals surface area contributed by atoms with Gasteiger partial charge in [-0.05, 0) is 24.0 Å². The Bertz CT molecular complexity index is 291. The maximum absolute atomic E-state index is 13.2. The zero-order chi connectivity index (χ0) is 9.84. The van der Waals surface area contributed by atoms with Crippen LogP contribution in [0, 0.1) is 5.82 Å². The van der Waals surface area contributed by atoms with Crippen LogP contribution < -0.4 is 0 Å². The lowest BCUT2D eigenvalue weighted by Gasteiger charge is -2.08. The molecule has 0 unspecified atom stereocenters. The lowest BCUT2D eigenvalue weighted by atomic mass is 10.2. The number of nitrogens with zero attached hydrogens (tertiary/aromatic N) is 1. The number of hydrogen-bond acceptors (Lipinski definition) is 3. The van der Waals surface area contributed by atoms with Gasteiger partial charge in [-0.25, -0.2) is 4.39 Å². The second-order valence-electron chi connectivity index (χ2n) is 2.78. The summed E-state index contributed by atoms with van der Waals surface area (Å²) in [6, 6.07) is 4.97. The molecule has 0 saturated carbocycles. The highest BCUT2D eigenvalue weighted by molar-refractivity contribution is 7.98. The third kappa shape index (κ3) is 2.99. The SMILES string of the molecule is CSc1ccc(CN(C)O)cc1F. The van der Waals surface area contributed by atoms with Crippen molar-refractivity contribution >= 4 is 11.8 Å². The standard InChI is InChI=1S/C9H12FNOS/c1-11(12)6-7-3-4-9(13-2)8(10)5-7/h3-5,12H,6H2,1-2H3. The number of hydrogen-bond donors (Lipinski definition) is 1. The lowest BCUT2D eigenvalue weighted by molar-refractivity contribution is -0.0732. The van der Waals surface area contributed by atoms with E-state index in [1.807, 2.05) is 12.3 Å². The number of thioether (sulfide) groups is 1. The second-order valence-corrected chi connectivity index (χ2v) is 3.63. The van der Waals surface area contributed by atoms with E-state index < -0.39 is 0 Å². The number of hydroxylamine groups is 2. The van der Waals surface area contributed by atoms with Crippen molar-refractivity contribution in [2.75, 3.05) is 13.3 Å². The van der Waals surface area contributed by atoms with E-state index in [0.717, 1.165) is 10.6 Å². The van der Waals surface area contributed by atoms with E-state index in [4.69, 9.17) is 5.21 Å². The van der Waals surface area contributed by atoms with Crippen molar-refractivity contribution in [3.8, 4) is 0 Å². The van der Waals surface area contributed by atoms with Gasteiger partial charge in [0.2, 0.25) is 0 Å². The molecule has 0 fully saturated rings. The smallest absolute Gasteiger partial charge is 0.137 e. The molecule has 1 N–H and O–H groups in total. The number of halogens is 1. The van der Waals surface area contributed by atoms with Crippen LogP contribution in [0.4, 0.5) is 4.39 Å². The van der Waals surface area contributed by atoms with E-state index in [1.165, 1.54) is 24.9 Å². The van der Waals surface area contributed by atoms with E-state index in [-0.39, 0.29) is 5.82 Å². The minimum atomic E-state index is -0.230. The van der Waals surface area contributed by atoms with Gasteiger partial charge in [0, 0.05) is 18.5 Å². The van der Waals surface area contributed by atoms with Crippen molar-refractivity contribution in [3.05, 3.63) is 29.6 Å². The second kappa shape index (κ2) is 4.60. The van der Waals surface area contributed by atoms with Gasteiger partial charge in [-0.1, -0.05) is 6.07 Å². The third-order valence-electron chi connectivity index (χ3n) is 1.63. The minimum absolute atomic E-state index is 0.230. The van der Waals surface area contributed by atoms with Crippen LogP contribution in [0.15, 0.2) is 23.1 Å². The number of rotatable bonds is 3. The quantitative estimate of drug-likeness (QED) is 0.600. The van der Waals surface area contributed by atoms with Gasteiger partial charge in [0.05, 0.1) is 0 Å². The Kier molecular flexibility index (Phi) is 3.71. The average Bonchev–Trinajstić information content (AvgIpc) is 2.03. The first-order valence-corrected chi connectivity index (χ1v) is 5.08. The Hall–Kier alpha value is -0.580. The molecule has 4 heteroatoms. The van der Waals surface area contributed by atoms with Gasteiger partial charge in [-0.15, -0.1) is 11.8 Å². The molecule has 1 aromatic carbocycles. The number of benzene rings is 1. The molecule has 0 saturated heterocycles. The van der Waals surface area contributed by atoms with Crippen LogP contribution in [0.2, 0.25) is 0 Å². The molecule has 1 rings (SSSR count). The summed E-state index contributed by atoms with van der Waals surface area (Å²) in [4.78, 5) is 0.629. The van der Waals surface area contributed by atoms with E-state index in [9.17, 15) is 4.39 Å². The zero-order valence-electron chi connectivity index (χ0n) is 7.62. The first kappa shape index (κ1) is 10.5.